The summed E-state index contributed by atoms with van der Waals surface area (Å²) in [5.74, 6) is -0.00300. The van der Waals surface area contributed by atoms with Crippen molar-refractivity contribution in [2.45, 2.75) is 11.8 Å². The third kappa shape index (κ3) is 6.42. The van der Waals surface area contributed by atoms with Crippen molar-refractivity contribution in [3.63, 3.8) is 0 Å². The first kappa shape index (κ1) is 43.8. The molecule has 0 saturated heterocycles. The Morgan fingerprint density at radius 2 is 0.701 bits per heavy atom. The molecule has 3 heteroatoms. The Kier molecular flexibility index (Phi) is 9.82. The minimum Gasteiger partial charge on any atom is -0.309 e. The third-order valence-corrected chi connectivity index (χ3v) is 22.0. The molecule has 0 aliphatic heterocycles. The number of rotatable bonds is 8. The lowest BCUT2D eigenvalue weighted by molar-refractivity contribution is 0.752. The molecule has 2 atom stereocenters. The predicted octanol–water partition coefficient (Wildman–Crippen LogP) is 15.6. The van der Waals surface area contributed by atoms with Crippen LogP contribution in [0.15, 0.2) is 291 Å². The van der Waals surface area contributed by atoms with Gasteiger partial charge in [0.15, 0.2) is 8.07 Å². The van der Waals surface area contributed by atoms with E-state index in [0.717, 1.165) is 5.69 Å². The summed E-state index contributed by atoms with van der Waals surface area (Å²) in [4.78, 5) is 0. The molecule has 2 heterocycles. The van der Waals surface area contributed by atoms with E-state index in [0.29, 0.717) is 0 Å². The van der Waals surface area contributed by atoms with Gasteiger partial charge in [-0.15, -0.1) is 0 Å². The van der Waals surface area contributed by atoms with E-state index in [1.54, 1.807) is 0 Å². The summed E-state index contributed by atoms with van der Waals surface area (Å²) in [7, 11) is -3.24. The second-order valence-electron chi connectivity index (χ2n) is 21.0. The maximum absolute atomic E-state index is 3.24. The van der Waals surface area contributed by atoms with E-state index in [1.807, 2.05) is 0 Å². The fourth-order valence-electron chi connectivity index (χ4n) is 14.2. The molecular weight excluding hydrogens is 945 g/mol. The Bertz CT molecular complexity index is 4480. The Labute approximate surface area is 449 Å². The monoisotopic (exact) mass is 994 g/mol. The Balaban J connectivity index is 0.986. The van der Waals surface area contributed by atoms with Gasteiger partial charge >= 0.3 is 0 Å². The van der Waals surface area contributed by atoms with Gasteiger partial charge in [-0.05, 0) is 125 Å². The van der Waals surface area contributed by atoms with Gasteiger partial charge in [0.2, 0.25) is 0 Å². The van der Waals surface area contributed by atoms with Crippen LogP contribution in [0, 0.1) is 0 Å². The van der Waals surface area contributed by atoms with Gasteiger partial charge in [0, 0.05) is 39.1 Å². The van der Waals surface area contributed by atoms with Crippen molar-refractivity contribution in [1.82, 2.24) is 9.13 Å². The molecule has 77 heavy (non-hydrogen) atoms. The van der Waals surface area contributed by atoms with Crippen molar-refractivity contribution in [2.24, 2.45) is 0 Å². The molecule has 17 rings (SSSR count). The summed E-state index contributed by atoms with van der Waals surface area (Å²) in [5, 5.41) is 10.6. The number of fused-ring (bicyclic) bond motifs is 6. The first-order valence-electron chi connectivity index (χ1n) is 27.0. The van der Waals surface area contributed by atoms with Crippen molar-refractivity contribution < 1.29 is 0 Å². The Hall–Kier alpha value is -9.54. The van der Waals surface area contributed by atoms with Gasteiger partial charge in [0.25, 0.3) is 0 Å². The standard InChI is InChI=1S/C74H50N2Si/c1-5-23-49(24-6-1)51-45-52(50-25-7-2-8-26-50)47-56(46-51)77(54-27-9-3-10-28-54,55-29-11-4-12-30-55)70-42-22-37-63-71-60-34-13-14-35-61(60)74(73(63)70)72-62(71)36-21-41-69(72)76-67-40-20-17-33-59(67)64-48-53(43-44-68(64)76)75-65-38-18-15-31-57(65)58-32-16-19-39-66(58)75/h1-48,71,74H. The van der Waals surface area contributed by atoms with Gasteiger partial charge in [-0.3, -0.25) is 0 Å². The number of para-hydroxylation sites is 3. The van der Waals surface area contributed by atoms with Crippen molar-refractivity contribution >= 4 is 72.4 Å². The molecule has 0 saturated carbocycles. The van der Waals surface area contributed by atoms with E-state index < -0.39 is 8.07 Å². The molecule has 2 aromatic heterocycles. The SMILES string of the molecule is c1ccc(-c2cc(-c3ccccc3)cc([Si](c3ccccc3)(c3ccccc3)c3cccc4c3C3c5ccccc5C4c4cccc(-n5c6ccccc6c6cc(-n7c8ccccc8c8ccccc87)ccc65)c43)c2)cc1. The van der Waals surface area contributed by atoms with E-state index in [2.05, 4.69) is 300 Å². The highest BCUT2D eigenvalue weighted by atomic mass is 28.3. The van der Waals surface area contributed by atoms with E-state index in [1.165, 1.54) is 126 Å². The van der Waals surface area contributed by atoms with Crippen molar-refractivity contribution in [3.8, 4) is 33.6 Å². The lowest BCUT2D eigenvalue weighted by Crippen LogP contribution is -2.75. The zero-order valence-corrected chi connectivity index (χ0v) is 43.3. The lowest BCUT2D eigenvalue weighted by Gasteiger charge is -2.47. The van der Waals surface area contributed by atoms with E-state index in [-0.39, 0.29) is 11.8 Å². The van der Waals surface area contributed by atoms with Crippen molar-refractivity contribution in [3.05, 3.63) is 325 Å². The van der Waals surface area contributed by atoms with Crippen LogP contribution in [0.1, 0.15) is 45.2 Å². The van der Waals surface area contributed by atoms with Crippen LogP contribution >= 0.6 is 0 Å². The maximum atomic E-state index is 2.60. The fraction of sp³-hybridized carbons (Fsp3) is 0.0270. The molecule has 2 bridgehead atoms. The van der Waals surface area contributed by atoms with E-state index >= 15 is 0 Å². The van der Waals surface area contributed by atoms with Crippen LogP contribution in [-0.4, -0.2) is 17.2 Å². The second kappa shape index (κ2) is 17.3. The Morgan fingerprint density at radius 1 is 0.260 bits per heavy atom. The predicted molar refractivity (Wildman–Crippen MR) is 324 cm³/mol. The van der Waals surface area contributed by atoms with Gasteiger partial charge in [-0.2, -0.15) is 0 Å². The number of hydrogen-bond donors (Lipinski definition) is 0. The molecule has 0 N–H and O–H groups in total. The van der Waals surface area contributed by atoms with Gasteiger partial charge < -0.3 is 9.13 Å². The molecule has 3 aliphatic rings. The highest BCUT2D eigenvalue weighted by Gasteiger charge is 2.50. The first-order chi connectivity index (χ1) is 38.2. The molecule has 0 amide bonds. The summed E-state index contributed by atoms with van der Waals surface area (Å²) in [6, 6.07) is 110. The molecule has 360 valence electrons. The molecular formula is C74H50N2Si. The molecule has 0 radical (unpaired) electrons. The summed E-state index contributed by atoms with van der Waals surface area (Å²) in [6.07, 6.45) is 0. The highest BCUT2D eigenvalue weighted by Crippen LogP contribution is 2.57. The fourth-order valence-corrected chi connectivity index (χ4v) is 19.3. The quantitative estimate of drug-likeness (QED) is 0.106. The minimum absolute atomic E-state index is 0.0462. The van der Waals surface area contributed by atoms with E-state index in [9.17, 15) is 0 Å². The van der Waals surface area contributed by atoms with Crippen LogP contribution < -0.4 is 20.7 Å². The van der Waals surface area contributed by atoms with Gasteiger partial charge in [0.05, 0.1) is 27.8 Å². The second-order valence-corrected chi connectivity index (χ2v) is 24.8. The number of benzene rings is 12. The number of aromatic nitrogens is 2. The topological polar surface area (TPSA) is 9.86 Å². The molecule has 12 aromatic carbocycles. The van der Waals surface area contributed by atoms with Gasteiger partial charge in [0.1, 0.15) is 0 Å². The summed E-state index contributed by atoms with van der Waals surface area (Å²) < 4.78 is 5.04. The molecule has 2 unspecified atom stereocenters. The van der Waals surface area contributed by atoms with Crippen LogP contribution in [0.2, 0.25) is 0 Å². The maximum Gasteiger partial charge on any atom is 0.179 e. The van der Waals surface area contributed by atoms with Crippen LogP contribution in [0.5, 0.6) is 0 Å². The van der Waals surface area contributed by atoms with Crippen LogP contribution in [0.25, 0.3) is 77.2 Å². The van der Waals surface area contributed by atoms with Gasteiger partial charge in [-0.25, -0.2) is 0 Å². The van der Waals surface area contributed by atoms with Gasteiger partial charge in [-0.1, -0.05) is 243 Å². The zero-order valence-electron chi connectivity index (χ0n) is 42.3. The zero-order chi connectivity index (χ0) is 50.6. The third-order valence-electron chi connectivity index (χ3n) is 17.2. The first-order valence-corrected chi connectivity index (χ1v) is 29.0. The number of hydrogen-bond acceptors (Lipinski definition) is 0. The number of nitrogens with zero attached hydrogens (tertiary/aromatic N) is 2. The highest BCUT2D eigenvalue weighted by molar-refractivity contribution is 7.20. The van der Waals surface area contributed by atoms with E-state index in [4.69, 9.17) is 0 Å². The molecule has 0 fully saturated rings. The molecule has 14 aromatic rings. The van der Waals surface area contributed by atoms with Crippen LogP contribution in [0.3, 0.4) is 0 Å². The molecule has 2 nitrogen and oxygen atoms in total. The molecule has 3 aliphatic carbocycles. The summed E-state index contributed by atoms with van der Waals surface area (Å²) in [5.41, 5.74) is 20.6. The van der Waals surface area contributed by atoms with Crippen LogP contribution in [0.4, 0.5) is 0 Å². The smallest absolute Gasteiger partial charge is 0.179 e. The van der Waals surface area contributed by atoms with Crippen molar-refractivity contribution in [1.29, 1.82) is 0 Å². The lowest BCUT2D eigenvalue weighted by atomic mass is 9.60. The Morgan fingerprint density at radius 3 is 1.29 bits per heavy atom. The average molecular weight is 995 g/mol. The average Bonchev–Trinajstić information content (AvgIpc) is 4.09. The summed E-state index contributed by atoms with van der Waals surface area (Å²) >= 11 is 0. The largest absolute Gasteiger partial charge is 0.309 e. The molecule has 0 spiro atoms. The minimum atomic E-state index is -3.24. The van der Waals surface area contributed by atoms with Crippen LogP contribution in [-0.2, 0) is 0 Å². The summed E-state index contributed by atoms with van der Waals surface area (Å²) in [6.45, 7) is 0. The normalized spacial score (nSPS) is 14.5. The van der Waals surface area contributed by atoms with Crippen molar-refractivity contribution in [2.75, 3.05) is 0 Å².